The molecule has 2 heterocycles. The summed E-state index contributed by atoms with van der Waals surface area (Å²) in [7, 11) is 1.60. The quantitative estimate of drug-likeness (QED) is 0.681. The zero-order chi connectivity index (χ0) is 20.6. The van der Waals surface area contributed by atoms with Crippen LogP contribution in [0.25, 0.3) is 11.5 Å². The van der Waals surface area contributed by atoms with Crippen molar-refractivity contribution in [2.24, 2.45) is 0 Å². The lowest BCUT2D eigenvalue weighted by Crippen LogP contribution is -2.47. The first-order chi connectivity index (χ1) is 14.1. The standard InChI is InChI=1S/C19H24N4O5S/c1-3-27-19(25)23-10-8-14(9-11-23)20-16(24)12-29-18-22-21-17(28-18)13-4-6-15(26-2)7-5-13/h4-7,14H,3,8-12H2,1-2H3,(H,20,24). The van der Waals surface area contributed by atoms with E-state index in [9.17, 15) is 9.59 Å². The van der Waals surface area contributed by atoms with Crippen LogP contribution in [0, 0.1) is 0 Å². The minimum atomic E-state index is -0.295. The number of piperidine rings is 1. The van der Waals surface area contributed by atoms with Gasteiger partial charge in [0, 0.05) is 24.7 Å². The van der Waals surface area contributed by atoms with Crippen molar-refractivity contribution in [2.45, 2.75) is 31.0 Å². The second kappa shape index (κ2) is 10.1. The number of rotatable bonds is 7. The summed E-state index contributed by atoms with van der Waals surface area (Å²) in [5, 5.41) is 11.3. The van der Waals surface area contributed by atoms with Gasteiger partial charge in [-0.1, -0.05) is 11.8 Å². The number of aromatic nitrogens is 2. The largest absolute Gasteiger partial charge is 0.497 e. The van der Waals surface area contributed by atoms with Crippen molar-refractivity contribution in [3.8, 4) is 17.2 Å². The van der Waals surface area contributed by atoms with Crippen molar-refractivity contribution in [3.05, 3.63) is 24.3 Å². The summed E-state index contributed by atoms with van der Waals surface area (Å²) >= 11 is 1.19. The van der Waals surface area contributed by atoms with Gasteiger partial charge in [-0.2, -0.15) is 0 Å². The molecule has 1 fully saturated rings. The molecule has 29 heavy (non-hydrogen) atoms. The molecule has 1 saturated heterocycles. The molecule has 2 aromatic rings. The number of thioether (sulfide) groups is 1. The van der Waals surface area contributed by atoms with Gasteiger partial charge >= 0.3 is 6.09 Å². The summed E-state index contributed by atoms with van der Waals surface area (Å²) in [6.45, 7) is 3.30. The molecule has 0 unspecified atom stereocenters. The van der Waals surface area contributed by atoms with Gasteiger partial charge in [0.05, 0.1) is 19.5 Å². The van der Waals surface area contributed by atoms with Crippen LogP contribution >= 0.6 is 11.8 Å². The van der Waals surface area contributed by atoms with Gasteiger partial charge in [-0.3, -0.25) is 4.79 Å². The lowest BCUT2D eigenvalue weighted by Gasteiger charge is -2.31. The van der Waals surface area contributed by atoms with E-state index in [-0.39, 0.29) is 23.8 Å². The maximum atomic E-state index is 12.2. The van der Waals surface area contributed by atoms with Crippen LogP contribution in [0.15, 0.2) is 33.9 Å². The topological polar surface area (TPSA) is 107 Å². The number of hydrogen-bond donors (Lipinski definition) is 1. The fourth-order valence-corrected chi connectivity index (χ4v) is 3.51. The van der Waals surface area contributed by atoms with Crippen LogP contribution in [0.4, 0.5) is 4.79 Å². The van der Waals surface area contributed by atoms with E-state index in [0.717, 1.165) is 11.3 Å². The van der Waals surface area contributed by atoms with E-state index < -0.39 is 0 Å². The second-order valence-corrected chi connectivity index (χ2v) is 7.34. The number of carbonyl (C=O) groups excluding carboxylic acids is 2. The molecule has 1 aromatic carbocycles. The smallest absolute Gasteiger partial charge is 0.409 e. The van der Waals surface area contributed by atoms with Crippen LogP contribution in [-0.2, 0) is 9.53 Å². The molecule has 1 aliphatic rings. The van der Waals surface area contributed by atoms with E-state index >= 15 is 0 Å². The third-order valence-electron chi connectivity index (χ3n) is 4.46. The molecule has 0 aliphatic carbocycles. The highest BCUT2D eigenvalue weighted by Gasteiger charge is 2.24. The maximum Gasteiger partial charge on any atom is 0.409 e. The molecular formula is C19H24N4O5S. The predicted molar refractivity (Wildman–Crippen MR) is 107 cm³/mol. The molecule has 1 aliphatic heterocycles. The highest BCUT2D eigenvalue weighted by atomic mass is 32.2. The number of amides is 2. The number of hydrogen-bond acceptors (Lipinski definition) is 8. The van der Waals surface area contributed by atoms with Crippen molar-refractivity contribution >= 4 is 23.8 Å². The zero-order valence-corrected chi connectivity index (χ0v) is 17.2. The number of nitrogens with zero attached hydrogens (tertiary/aromatic N) is 3. The average Bonchev–Trinajstić information content (AvgIpc) is 3.22. The number of benzene rings is 1. The number of methoxy groups -OCH3 is 1. The highest BCUT2D eigenvalue weighted by molar-refractivity contribution is 7.99. The first-order valence-corrected chi connectivity index (χ1v) is 10.4. The Morgan fingerprint density at radius 3 is 2.62 bits per heavy atom. The molecule has 0 bridgehead atoms. The van der Waals surface area contributed by atoms with Crippen molar-refractivity contribution in [1.29, 1.82) is 0 Å². The van der Waals surface area contributed by atoms with E-state index in [4.69, 9.17) is 13.9 Å². The van der Waals surface area contributed by atoms with Crippen LogP contribution in [0.3, 0.4) is 0 Å². The Balaban J connectivity index is 1.42. The molecule has 0 atom stereocenters. The van der Waals surface area contributed by atoms with Gasteiger partial charge in [-0.15, -0.1) is 10.2 Å². The Kier molecular flexibility index (Phi) is 7.34. The summed E-state index contributed by atoms with van der Waals surface area (Å²) < 4.78 is 15.7. The van der Waals surface area contributed by atoms with E-state index in [1.165, 1.54) is 11.8 Å². The van der Waals surface area contributed by atoms with Gasteiger partial charge in [0.2, 0.25) is 11.8 Å². The second-order valence-electron chi connectivity index (χ2n) is 6.42. The lowest BCUT2D eigenvalue weighted by molar-refractivity contribution is -0.119. The molecule has 156 valence electrons. The van der Waals surface area contributed by atoms with Gasteiger partial charge in [0.1, 0.15) is 5.75 Å². The Bertz CT molecular complexity index is 818. The predicted octanol–water partition coefficient (Wildman–Crippen LogP) is 2.57. The molecule has 0 spiro atoms. The summed E-state index contributed by atoms with van der Waals surface area (Å²) in [5.41, 5.74) is 0.781. The SMILES string of the molecule is CCOC(=O)N1CCC(NC(=O)CSc2nnc(-c3ccc(OC)cc3)o2)CC1. The molecule has 0 saturated carbocycles. The number of likely N-dealkylation sites (tertiary alicyclic amines) is 1. The molecule has 1 aromatic heterocycles. The van der Waals surface area contributed by atoms with E-state index in [1.54, 1.807) is 18.9 Å². The average molecular weight is 420 g/mol. The molecule has 2 amide bonds. The minimum Gasteiger partial charge on any atom is -0.497 e. The van der Waals surface area contributed by atoms with Crippen molar-refractivity contribution in [1.82, 2.24) is 20.4 Å². The normalized spacial score (nSPS) is 14.5. The highest BCUT2D eigenvalue weighted by Crippen LogP contribution is 2.24. The molecular weight excluding hydrogens is 396 g/mol. The van der Waals surface area contributed by atoms with Crippen LogP contribution in [0.2, 0.25) is 0 Å². The number of ether oxygens (including phenoxy) is 2. The molecule has 3 rings (SSSR count). The Labute approximate surface area is 173 Å². The Hall–Kier alpha value is -2.75. The minimum absolute atomic E-state index is 0.0475. The molecule has 10 heteroatoms. The van der Waals surface area contributed by atoms with Crippen molar-refractivity contribution in [2.75, 3.05) is 32.6 Å². The van der Waals surface area contributed by atoms with Gasteiger partial charge < -0.3 is 24.1 Å². The van der Waals surface area contributed by atoms with Gasteiger partial charge in [-0.05, 0) is 44.0 Å². The zero-order valence-electron chi connectivity index (χ0n) is 16.4. The first-order valence-electron chi connectivity index (χ1n) is 9.40. The monoisotopic (exact) mass is 420 g/mol. The molecule has 1 N–H and O–H groups in total. The van der Waals surface area contributed by atoms with E-state index in [0.29, 0.717) is 43.7 Å². The van der Waals surface area contributed by atoms with Crippen LogP contribution in [0.1, 0.15) is 19.8 Å². The molecule has 0 radical (unpaired) electrons. The summed E-state index contributed by atoms with van der Waals surface area (Å²) in [4.78, 5) is 25.6. The summed E-state index contributed by atoms with van der Waals surface area (Å²) in [6.07, 6.45) is 1.12. The summed E-state index contributed by atoms with van der Waals surface area (Å²) in [5.74, 6) is 1.21. The third-order valence-corrected chi connectivity index (χ3v) is 5.27. The lowest BCUT2D eigenvalue weighted by atomic mass is 10.1. The third kappa shape index (κ3) is 5.86. The van der Waals surface area contributed by atoms with Gasteiger partial charge in [-0.25, -0.2) is 4.79 Å². The first kappa shape index (κ1) is 21.0. The maximum absolute atomic E-state index is 12.2. The summed E-state index contributed by atoms with van der Waals surface area (Å²) in [6, 6.07) is 7.33. The van der Waals surface area contributed by atoms with E-state index in [1.807, 2.05) is 24.3 Å². The fraction of sp³-hybridized carbons (Fsp3) is 0.474. The van der Waals surface area contributed by atoms with Crippen molar-refractivity contribution in [3.63, 3.8) is 0 Å². The van der Waals surface area contributed by atoms with Crippen LogP contribution in [0.5, 0.6) is 5.75 Å². The Morgan fingerprint density at radius 1 is 1.24 bits per heavy atom. The fourth-order valence-electron chi connectivity index (χ4n) is 2.94. The molecule has 9 nitrogen and oxygen atoms in total. The van der Waals surface area contributed by atoms with Crippen LogP contribution in [-0.4, -0.2) is 65.7 Å². The number of carbonyl (C=O) groups is 2. The Morgan fingerprint density at radius 2 is 1.97 bits per heavy atom. The van der Waals surface area contributed by atoms with Crippen molar-refractivity contribution < 1.29 is 23.5 Å². The van der Waals surface area contributed by atoms with Crippen LogP contribution < -0.4 is 10.1 Å². The van der Waals surface area contributed by atoms with Gasteiger partial charge in [0.25, 0.3) is 5.22 Å². The van der Waals surface area contributed by atoms with E-state index in [2.05, 4.69) is 15.5 Å². The number of nitrogens with one attached hydrogen (secondary N) is 1. The van der Waals surface area contributed by atoms with Gasteiger partial charge in [0.15, 0.2) is 0 Å².